The molecule has 0 unspecified atom stereocenters. The largest absolute Gasteiger partial charge is 0.481 e. The fourth-order valence-electron chi connectivity index (χ4n) is 3.53. The van der Waals surface area contributed by atoms with Gasteiger partial charge in [-0.3, -0.25) is 4.79 Å². The van der Waals surface area contributed by atoms with Crippen molar-refractivity contribution in [1.29, 1.82) is 0 Å². The van der Waals surface area contributed by atoms with Crippen LogP contribution in [0.25, 0.3) is 0 Å². The molecule has 2 aliphatic rings. The Bertz CT molecular complexity index is 513. The van der Waals surface area contributed by atoms with Gasteiger partial charge in [0, 0.05) is 0 Å². The highest BCUT2D eigenvalue weighted by molar-refractivity contribution is 6.42. The van der Waals surface area contributed by atoms with Crippen molar-refractivity contribution in [3.63, 3.8) is 0 Å². The third-order valence-corrected chi connectivity index (χ3v) is 5.39. The van der Waals surface area contributed by atoms with E-state index in [9.17, 15) is 9.90 Å². The second-order valence-corrected chi connectivity index (χ2v) is 6.54. The van der Waals surface area contributed by atoms with Gasteiger partial charge in [0.25, 0.3) is 0 Å². The number of rotatable bonds is 2. The van der Waals surface area contributed by atoms with Gasteiger partial charge < -0.3 is 5.11 Å². The minimum atomic E-state index is -0.741. The van der Waals surface area contributed by atoms with Gasteiger partial charge in [-0.1, -0.05) is 35.7 Å². The number of hydrogen-bond acceptors (Lipinski definition) is 1. The average Bonchev–Trinajstić information content (AvgIpc) is 2.19. The first-order valence-electron chi connectivity index (χ1n) is 6.17. The Hall–Kier alpha value is -0.730. The predicted molar refractivity (Wildman–Crippen MR) is 71.3 cm³/mol. The summed E-state index contributed by atoms with van der Waals surface area (Å²) in [6.07, 6.45) is 5.06. The predicted octanol–water partition coefficient (Wildman–Crippen LogP) is 4.28. The number of halogens is 2. The molecular weight excluding hydrogens is 271 g/mol. The third-order valence-electron chi connectivity index (χ3n) is 4.65. The highest BCUT2D eigenvalue weighted by atomic mass is 35.5. The molecule has 1 spiro atoms. The van der Waals surface area contributed by atoms with E-state index in [1.165, 1.54) is 19.3 Å². The molecule has 0 radical (unpaired) electrons. The summed E-state index contributed by atoms with van der Waals surface area (Å²) in [4.78, 5) is 11.7. The fraction of sp³-hybridized carbons (Fsp3) is 0.500. The fourth-order valence-corrected chi connectivity index (χ4v) is 3.83. The molecule has 2 fully saturated rings. The number of benzene rings is 1. The van der Waals surface area contributed by atoms with Crippen LogP contribution >= 0.6 is 23.2 Å². The van der Waals surface area contributed by atoms with E-state index in [2.05, 4.69) is 0 Å². The Morgan fingerprint density at radius 2 is 1.83 bits per heavy atom. The quantitative estimate of drug-likeness (QED) is 0.880. The van der Waals surface area contributed by atoms with Crippen LogP contribution in [0.2, 0.25) is 10.0 Å². The lowest BCUT2D eigenvalue weighted by Gasteiger charge is -2.59. The van der Waals surface area contributed by atoms with Crippen LogP contribution in [0.15, 0.2) is 18.2 Å². The Kier molecular flexibility index (Phi) is 2.65. The van der Waals surface area contributed by atoms with E-state index < -0.39 is 11.4 Å². The van der Waals surface area contributed by atoms with Crippen LogP contribution in [0.3, 0.4) is 0 Å². The lowest BCUT2D eigenvalue weighted by atomic mass is 9.44. The summed E-state index contributed by atoms with van der Waals surface area (Å²) >= 11 is 11.9. The highest BCUT2D eigenvalue weighted by Gasteiger charge is 2.61. The molecule has 0 aromatic heterocycles. The van der Waals surface area contributed by atoms with Crippen LogP contribution in [0.4, 0.5) is 0 Å². The maximum absolute atomic E-state index is 11.7. The van der Waals surface area contributed by atoms with Crippen molar-refractivity contribution in [2.24, 2.45) is 5.41 Å². The van der Waals surface area contributed by atoms with Gasteiger partial charge in [0.15, 0.2) is 0 Å². The van der Waals surface area contributed by atoms with Crippen molar-refractivity contribution in [2.45, 2.75) is 37.5 Å². The smallest absolute Gasteiger partial charge is 0.314 e. The van der Waals surface area contributed by atoms with E-state index in [1.54, 1.807) is 18.2 Å². The lowest BCUT2D eigenvalue weighted by molar-refractivity contribution is -0.160. The van der Waals surface area contributed by atoms with Gasteiger partial charge in [0.1, 0.15) is 0 Å². The first-order valence-corrected chi connectivity index (χ1v) is 6.92. The molecule has 4 heteroatoms. The molecule has 0 amide bonds. The van der Waals surface area contributed by atoms with Crippen molar-refractivity contribution < 1.29 is 9.90 Å². The van der Waals surface area contributed by atoms with E-state index >= 15 is 0 Å². The van der Waals surface area contributed by atoms with Crippen LogP contribution in [0, 0.1) is 5.41 Å². The van der Waals surface area contributed by atoms with Crippen LogP contribution in [0.1, 0.15) is 37.7 Å². The molecule has 96 valence electrons. The number of carboxylic acid groups (broad SMARTS) is 1. The molecule has 0 aliphatic heterocycles. The first-order chi connectivity index (χ1) is 8.47. The summed E-state index contributed by atoms with van der Waals surface area (Å²) in [6, 6.07) is 5.20. The van der Waals surface area contributed by atoms with Gasteiger partial charge in [0.2, 0.25) is 0 Å². The van der Waals surface area contributed by atoms with Gasteiger partial charge in [0.05, 0.1) is 15.5 Å². The average molecular weight is 285 g/mol. The van der Waals surface area contributed by atoms with E-state index in [1.807, 2.05) is 0 Å². The molecule has 0 saturated heterocycles. The van der Waals surface area contributed by atoms with Gasteiger partial charge in [-0.15, -0.1) is 0 Å². The first kappa shape index (κ1) is 12.3. The molecule has 0 atom stereocenters. The summed E-state index contributed by atoms with van der Waals surface area (Å²) in [6.45, 7) is 0. The molecular formula is C14H14Cl2O2. The third kappa shape index (κ3) is 1.59. The van der Waals surface area contributed by atoms with Crippen LogP contribution in [-0.2, 0) is 10.2 Å². The van der Waals surface area contributed by atoms with E-state index in [0.29, 0.717) is 15.5 Å². The van der Waals surface area contributed by atoms with E-state index in [-0.39, 0.29) is 0 Å². The zero-order valence-electron chi connectivity index (χ0n) is 9.88. The minimum Gasteiger partial charge on any atom is -0.481 e. The molecule has 0 heterocycles. The normalized spacial score (nSPS) is 23.2. The minimum absolute atomic E-state index is 0.296. The molecule has 0 bridgehead atoms. The van der Waals surface area contributed by atoms with Crippen molar-refractivity contribution in [1.82, 2.24) is 0 Å². The molecule has 1 aromatic rings. The van der Waals surface area contributed by atoms with Gasteiger partial charge in [-0.25, -0.2) is 0 Å². The molecule has 2 nitrogen and oxygen atoms in total. The second-order valence-electron chi connectivity index (χ2n) is 5.72. The van der Waals surface area contributed by atoms with E-state index in [4.69, 9.17) is 23.2 Å². The van der Waals surface area contributed by atoms with E-state index in [0.717, 1.165) is 18.4 Å². The summed E-state index contributed by atoms with van der Waals surface area (Å²) < 4.78 is 0. The monoisotopic (exact) mass is 284 g/mol. The van der Waals surface area contributed by atoms with Crippen molar-refractivity contribution in [3.05, 3.63) is 33.8 Å². The van der Waals surface area contributed by atoms with Crippen LogP contribution in [0.5, 0.6) is 0 Å². The van der Waals surface area contributed by atoms with Crippen molar-refractivity contribution >= 4 is 29.2 Å². The molecule has 2 saturated carbocycles. The summed E-state index contributed by atoms with van der Waals surface area (Å²) in [5, 5.41) is 10.5. The molecule has 3 rings (SSSR count). The zero-order valence-corrected chi connectivity index (χ0v) is 11.4. The Labute approximate surface area is 116 Å². The van der Waals surface area contributed by atoms with Crippen LogP contribution < -0.4 is 0 Å². The number of hydrogen-bond donors (Lipinski definition) is 1. The maximum Gasteiger partial charge on any atom is 0.314 e. The lowest BCUT2D eigenvalue weighted by Crippen LogP contribution is -2.57. The Balaban J connectivity index is 1.95. The van der Waals surface area contributed by atoms with Gasteiger partial charge >= 0.3 is 5.97 Å². The highest BCUT2D eigenvalue weighted by Crippen LogP contribution is 2.65. The van der Waals surface area contributed by atoms with Crippen LogP contribution in [-0.4, -0.2) is 11.1 Å². The summed E-state index contributed by atoms with van der Waals surface area (Å²) in [7, 11) is 0. The SMILES string of the molecule is O=C(O)C1(c2ccc(Cl)c(Cl)c2)CC2(CCC2)C1. The van der Waals surface area contributed by atoms with Gasteiger partial charge in [-0.05, 0) is 48.8 Å². The number of carbonyl (C=O) groups is 1. The summed E-state index contributed by atoms with van der Waals surface area (Å²) in [5.41, 5.74) is 0.348. The number of aliphatic carboxylic acids is 1. The van der Waals surface area contributed by atoms with Crippen molar-refractivity contribution in [2.75, 3.05) is 0 Å². The Morgan fingerprint density at radius 1 is 1.17 bits per heavy atom. The second kappa shape index (κ2) is 3.88. The maximum atomic E-state index is 11.7. The van der Waals surface area contributed by atoms with Gasteiger partial charge in [-0.2, -0.15) is 0 Å². The molecule has 1 N–H and O–H groups in total. The van der Waals surface area contributed by atoms with Crippen molar-refractivity contribution in [3.8, 4) is 0 Å². The zero-order chi connectivity index (χ0) is 13.0. The molecule has 1 aromatic carbocycles. The molecule has 18 heavy (non-hydrogen) atoms. The standard InChI is InChI=1S/C14H14Cl2O2/c15-10-3-2-9(6-11(10)16)14(12(17)18)7-13(8-14)4-1-5-13/h2-3,6H,1,4-5,7-8H2,(H,17,18). The topological polar surface area (TPSA) is 37.3 Å². The summed E-state index contributed by atoms with van der Waals surface area (Å²) in [5.74, 6) is -0.738. The molecule has 2 aliphatic carbocycles. The number of carboxylic acids is 1. The Morgan fingerprint density at radius 3 is 2.28 bits per heavy atom.